The molecule has 1 aromatic rings. The van der Waals surface area contributed by atoms with Crippen molar-refractivity contribution in [1.82, 2.24) is 5.32 Å². The number of hydrogen-bond acceptors (Lipinski definition) is 3. The van der Waals surface area contributed by atoms with Crippen LogP contribution in [-0.2, 0) is 12.6 Å². The highest BCUT2D eigenvalue weighted by Crippen LogP contribution is 2.32. The average Bonchev–Trinajstić information content (AvgIpc) is 2.66. The Morgan fingerprint density at radius 2 is 1.94 bits per heavy atom. The van der Waals surface area contributed by atoms with Crippen molar-refractivity contribution in [2.75, 3.05) is 13.1 Å². The standard InChI is InChI=1S/C11H14F3NO2/c12-11(13,14)9-2-1-8(17-9)7-10(16)3-5-15-6-4-10/h1-2,15-16H,3-7H2. The fourth-order valence-electron chi connectivity index (χ4n) is 2.02. The molecule has 1 aromatic heterocycles. The maximum atomic E-state index is 12.3. The molecule has 0 spiro atoms. The number of halogens is 3. The van der Waals surface area contributed by atoms with E-state index in [1.807, 2.05) is 0 Å². The first-order valence-electron chi connectivity index (χ1n) is 5.48. The highest BCUT2D eigenvalue weighted by atomic mass is 19.4. The summed E-state index contributed by atoms with van der Waals surface area (Å²) in [5.41, 5.74) is -0.952. The van der Waals surface area contributed by atoms with Gasteiger partial charge in [-0.25, -0.2) is 0 Å². The number of piperidine rings is 1. The molecule has 2 rings (SSSR count). The average molecular weight is 249 g/mol. The molecule has 0 aliphatic carbocycles. The van der Waals surface area contributed by atoms with E-state index in [1.54, 1.807) is 0 Å². The molecule has 1 aliphatic heterocycles. The second-order valence-corrected chi connectivity index (χ2v) is 4.41. The molecule has 0 amide bonds. The summed E-state index contributed by atoms with van der Waals surface area (Å²) < 4.78 is 41.6. The molecule has 0 atom stereocenters. The molecule has 1 saturated heterocycles. The predicted molar refractivity (Wildman–Crippen MR) is 54.5 cm³/mol. The van der Waals surface area contributed by atoms with Gasteiger partial charge in [-0.15, -0.1) is 0 Å². The molecule has 3 nitrogen and oxygen atoms in total. The molecule has 2 N–H and O–H groups in total. The lowest BCUT2D eigenvalue weighted by Gasteiger charge is -2.31. The first-order chi connectivity index (χ1) is 7.89. The summed E-state index contributed by atoms with van der Waals surface area (Å²) in [4.78, 5) is 0. The molecule has 0 radical (unpaired) electrons. The highest BCUT2D eigenvalue weighted by molar-refractivity contribution is 5.12. The van der Waals surface area contributed by atoms with Crippen LogP contribution in [0, 0.1) is 0 Å². The third-order valence-corrected chi connectivity index (χ3v) is 2.98. The molecule has 1 fully saturated rings. The van der Waals surface area contributed by atoms with Gasteiger partial charge in [-0.05, 0) is 38.1 Å². The van der Waals surface area contributed by atoms with E-state index in [2.05, 4.69) is 5.32 Å². The minimum Gasteiger partial charge on any atom is -0.456 e. The SMILES string of the molecule is OC1(Cc2ccc(C(F)(F)F)o2)CCNCC1. The fourth-order valence-corrected chi connectivity index (χ4v) is 2.02. The van der Waals surface area contributed by atoms with E-state index < -0.39 is 17.5 Å². The zero-order valence-corrected chi connectivity index (χ0v) is 9.18. The maximum Gasteiger partial charge on any atom is 0.449 e. The zero-order valence-electron chi connectivity index (χ0n) is 9.18. The lowest BCUT2D eigenvalue weighted by atomic mass is 9.88. The van der Waals surface area contributed by atoms with E-state index in [0.29, 0.717) is 25.9 Å². The molecule has 2 heterocycles. The molecule has 0 bridgehead atoms. The Kier molecular flexibility index (Phi) is 3.18. The predicted octanol–water partition coefficient (Wildman–Crippen LogP) is 1.96. The largest absolute Gasteiger partial charge is 0.456 e. The quantitative estimate of drug-likeness (QED) is 0.842. The van der Waals surface area contributed by atoms with Crippen LogP contribution >= 0.6 is 0 Å². The third kappa shape index (κ3) is 3.01. The molecule has 0 unspecified atom stereocenters. The Balaban J connectivity index is 2.06. The van der Waals surface area contributed by atoms with Crippen LogP contribution in [0.3, 0.4) is 0 Å². The van der Waals surface area contributed by atoms with Crippen molar-refractivity contribution in [1.29, 1.82) is 0 Å². The van der Waals surface area contributed by atoms with Crippen molar-refractivity contribution in [3.05, 3.63) is 23.7 Å². The van der Waals surface area contributed by atoms with Gasteiger partial charge in [-0.3, -0.25) is 0 Å². The minimum atomic E-state index is -4.46. The molecular formula is C11H14F3NO2. The first kappa shape index (κ1) is 12.4. The van der Waals surface area contributed by atoms with Gasteiger partial charge in [-0.2, -0.15) is 13.2 Å². The maximum absolute atomic E-state index is 12.3. The van der Waals surface area contributed by atoms with Crippen LogP contribution in [0.25, 0.3) is 0 Å². The van der Waals surface area contributed by atoms with Crippen molar-refractivity contribution < 1.29 is 22.7 Å². The van der Waals surface area contributed by atoms with Crippen LogP contribution in [0.2, 0.25) is 0 Å². The van der Waals surface area contributed by atoms with Crippen LogP contribution in [-0.4, -0.2) is 23.8 Å². The van der Waals surface area contributed by atoms with Crippen molar-refractivity contribution in [3.63, 3.8) is 0 Å². The van der Waals surface area contributed by atoms with Crippen LogP contribution in [0.1, 0.15) is 24.4 Å². The van der Waals surface area contributed by atoms with Crippen molar-refractivity contribution in [2.45, 2.75) is 31.0 Å². The van der Waals surface area contributed by atoms with Crippen LogP contribution in [0.15, 0.2) is 16.5 Å². The number of alkyl halides is 3. The van der Waals surface area contributed by atoms with E-state index in [4.69, 9.17) is 4.42 Å². The minimum absolute atomic E-state index is 0.130. The van der Waals surface area contributed by atoms with Gasteiger partial charge in [-0.1, -0.05) is 0 Å². The summed E-state index contributed by atoms with van der Waals surface area (Å²) in [7, 11) is 0. The Morgan fingerprint density at radius 1 is 1.29 bits per heavy atom. The number of rotatable bonds is 2. The monoisotopic (exact) mass is 249 g/mol. The Morgan fingerprint density at radius 3 is 2.47 bits per heavy atom. The van der Waals surface area contributed by atoms with Crippen molar-refractivity contribution >= 4 is 0 Å². The molecule has 0 saturated carbocycles. The van der Waals surface area contributed by atoms with E-state index in [9.17, 15) is 18.3 Å². The lowest BCUT2D eigenvalue weighted by molar-refractivity contribution is -0.153. The fraction of sp³-hybridized carbons (Fsp3) is 0.636. The Hall–Kier alpha value is -1.01. The molecule has 6 heteroatoms. The molecule has 96 valence electrons. The molecule has 0 aromatic carbocycles. The molecule has 17 heavy (non-hydrogen) atoms. The summed E-state index contributed by atoms with van der Waals surface area (Å²) in [5, 5.41) is 13.2. The topological polar surface area (TPSA) is 45.4 Å². The normalized spacial score (nSPS) is 20.5. The smallest absolute Gasteiger partial charge is 0.449 e. The van der Waals surface area contributed by atoms with E-state index >= 15 is 0 Å². The van der Waals surface area contributed by atoms with Crippen molar-refractivity contribution in [2.24, 2.45) is 0 Å². The van der Waals surface area contributed by atoms with E-state index in [1.165, 1.54) is 6.07 Å². The number of hydrogen-bond donors (Lipinski definition) is 2. The lowest BCUT2D eigenvalue weighted by Crippen LogP contribution is -2.43. The van der Waals surface area contributed by atoms with Gasteiger partial charge in [0.2, 0.25) is 5.76 Å². The highest BCUT2D eigenvalue weighted by Gasteiger charge is 2.36. The summed E-state index contributed by atoms with van der Waals surface area (Å²) in [6.45, 7) is 1.34. The summed E-state index contributed by atoms with van der Waals surface area (Å²) >= 11 is 0. The third-order valence-electron chi connectivity index (χ3n) is 2.98. The van der Waals surface area contributed by atoms with Gasteiger partial charge >= 0.3 is 6.18 Å². The van der Waals surface area contributed by atoms with Gasteiger partial charge in [0, 0.05) is 6.42 Å². The van der Waals surface area contributed by atoms with Gasteiger partial charge in [0.05, 0.1) is 5.60 Å². The van der Waals surface area contributed by atoms with Gasteiger partial charge < -0.3 is 14.8 Å². The van der Waals surface area contributed by atoms with Crippen molar-refractivity contribution in [3.8, 4) is 0 Å². The van der Waals surface area contributed by atoms with Crippen LogP contribution < -0.4 is 5.32 Å². The Labute approximate surface area is 96.6 Å². The van der Waals surface area contributed by atoms with Gasteiger partial charge in [0.15, 0.2) is 0 Å². The van der Waals surface area contributed by atoms with Crippen LogP contribution in [0.4, 0.5) is 13.2 Å². The van der Waals surface area contributed by atoms with Gasteiger partial charge in [0.1, 0.15) is 5.76 Å². The zero-order chi connectivity index (χ0) is 12.5. The molecule has 1 aliphatic rings. The summed E-state index contributed by atoms with van der Waals surface area (Å²) in [6, 6.07) is 2.18. The Bertz CT molecular complexity index is 380. The number of furan rings is 1. The first-order valence-corrected chi connectivity index (χ1v) is 5.48. The summed E-state index contributed by atoms with van der Waals surface area (Å²) in [5.74, 6) is -0.827. The second-order valence-electron chi connectivity index (χ2n) is 4.41. The number of nitrogens with one attached hydrogen (secondary N) is 1. The number of aliphatic hydroxyl groups is 1. The summed E-state index contributed by atoms with van der Waals surface area (Å²) in [6.07, 6.45) is -3.29. The van der Waals surface area contributed by atoms with Gasteiger partial charge in [0.25, 0.3) is 0 Å². The van der Waals surface area contributed by atoms with E-state index in [-0.39, 0.29) is 12.2 Å². The van der Waals surface area contributed by atoms with Crippen LogP contribution in [0.5, 0.6) is 0 Å². The van der Waals surface area contributed by atoms with E-state index in [0.717, 1.165) is 6.07 Å². The molecular weight excluding hydrogens is 235 g/mol. The second kappa shape index (κ2) is 4.34.